The predicted molar refractivity (Wildman–Crippen MR) is 141 cm³/mol. The van der Waals surface area contributed by atoms with Crippen molar-refractivity contribution in [3.05, 3.63) is 51.8 Å². The number of hydrogen-bond donors (Lipinski definition) is 1. The fraction of sp³-hybridized carbons (Fsp3) is 0.423. The van der Waals surface area contributed by atoms with Crippen molar-refractivity contribution in [2.45, 2.75) is 6.42 Å². The minimum Gasteiger partial charge on any atom is -0.496 e. The minimum atomic E-state index is -0.109. The number of pyridine rings is 1. The maximum atomic E-state index is 13.7. The highest BCUT2D eigenvalue weighted by molar-refractivity contribution is 7.21. The van der Waals surface area contributed by atoms with Crippen LogP contribution in [0.3, 0.4) is 0 Å². The number of methoxy groups -OCH3 is 1. The van der Waals surface area contributed by atoms with E-state index in [9.17, 15) is 14.4 Å². The molecule has 1 N–H and O–H groups in total. The monoisotopic (exact) mass is 512 g/mol. The molecule has 0 unspecified atom stereocenters. The second-order valence-electron chi connectivity index (χ2n) is 8.71. The van der Waals surface area contributed by atoms with Gasteiger partial charge in [0, 0.05) is 81.2 Å². The topological polar surface area (TPSA) is 93.1 Å². The van der Waals surface area contributed by atoms with Crippen LogP contribution in [0.25, 0.3) is 21.2 Å². The molecule has 1 fully saturated rings. The summed E-state index contributed by atoms with van der Waals surface area (Å²) in [5, 5.41) is 3.48. The van der Waals surface area contributed by atoms with E-state index in [1.54, 1.807) is 38.4 Å². The van der Waals surface area contributed by atoms with Crippen LogP contribution in [0.4, 0.5) is 0 Å². The lowest BCUT2D eigenvalue weighted by Gasteiger charge is -2.30. The van der Waals surface area contributed by atoms with Gasteiger partial charge in [0.2, 0.25) is 11.5 Å². The van der Waals surface area contributed by atoms with Gasteiger partial charge in [-0.3, -0.25) is 19.3 Å². The van der Waals surface area contributed by atoms with Crippen LogP contribution in [0.1, 0.15) is 16.1 Å². The molecule has 1 aromatic carbocycles. The maximum Gasteiger partial charge on any atom is 0.264 e. The fourth-order valence-electron chi connectivity index (χ4n) is 4.28. The highest BCUT2D eigenvalue weighted by Crippen LogP contribution is 2.40. The summed E-state index contributed by atoms with van der Waals surface area (Å²) < 4.78 is 13.5. The maximum absolute atomic E-state index is 13.7. The van der Waals surface area contributed by atoms with Gasteiger partial charge in [0.05, 0.1) is 25.2 Å². The molecule has 0 radical (unpaired) electrons. The molecule has 0 aliphatic carbocycles. The Labute approximate surface area is 214 Å². The van der Waals surface area contributed by atoms with E-state index in [-0.39, 0.29) is 23.8 Å². The van der Waals surface area contributed by atoms with Gasteiger partial charge in [-0.15, -0.1) is 11.3 Å². The first-order valence-electron chi connectivity index (χ1n) is 12.0. The summed E-state index contributed by atoms with van der Waals surface area (Å²) in [4.78, 5) is 42.2. The lowest BCUT2D eigenvalue weighted by Crippen LogP contribution is -2.43. The summed E-state index contributed by atoms with van der Waals surface area (Å²) in [7, 11) is 4.92. The van der Waals surface area contributed by atoms with Gasteiger partial charge >= 0.3 is 0 Å². The number of aromatic nitrogens is 1. The molecule has 4 rings (SSSR count). The van der Waals surface area contributed by atoms with Crippen LogP contribution in [0, 0.1) is 0 Å². The van der Waals surface area contributed by atoms with E-state index in [4.69, 9.17) is 9.47 Å². The van der Waals surface area contributed by atoms with Crippen LogP contribution in [-0.4, -0.2) is 86.3 Å². The lowest BCUT2D eigenvalue weighted by atomic mass is 10.1. The molecule has 9 nitrogen and oxygen atoms in total. The molecule has 1 aliphatic heterocycles. The number of thiophene rings is 1. The summed E-state index contributed by atoms with van der Waals surface area (Å²) in [5.74, 6) is 0.468. The third kappa shape index (κ3) is 5.77. The number of amides is 2. The summed E-state index contributed by atoms with van der Waals surface area (Å²) in [6.07, 6.45) is 2.03. The first kappa shape index (κ1) is 25.9. The average Bonchev–Trinajstić information content (AvgIpc) is 3.35. The second kappa shape index (κ2) is 11.7. The molecule has 3 heterocycles. The van der Waals surface area contributed by atoms with Crippen molar-refractivity contribution in [2.75, 3.05) is 60.1 Å². The zero-order chi connectivity index (χ0) is 25.7. The lowest BCUT2D eigenvalue weighted by molar-refractivity contribution is -0.120. The number of nitrogens with zero attached hydrogens (tertiary/aromatic N) is 3. The van der Waals surface area contributed by atoms with Gasteiger partial charge in [-0.25, -0.2) is 0 Å². The van der Waals surface area contributed by atoms with E-state index < -0.39 is 0 Å². The number of carbonyl (C=O) groups is 2. The van der Waals surface area contributed by atoms with Gasteiger partial charge < -0.3 is 24.3 Å². The van der Waals surface area contributed by atoms with E-state index >= 15 is 0 Å². The Hall–Kier alpha value is -3.21. The van der Waals surface area contributed by atoms with Crippen molar-refractivity contribution in [1.29, 1.82) is 0 Å². The molecule has 192 valence electrons. The zero-order valence-electron chi connectivity index (χ0n) is 20.9. The first-order chi connectivity index (χ1) is 17.4. The van der Waals surface area contributed by atoms with Crippen molar-refractivity contribution in [2.24, 2.45) is 7.05 Å². The minimum absolute atomic E-state index is 0.0856. The van der Waals surface area contributed by atoms with E-state index in [0.717, 1.165) is 40.8 Å². The quantitative estimate of drug-likeness (QED) is 0.473. The van der Waals surface area contributed by atoms with Gasteiger partial charge in [-0.05, 0) is 29.8 Å². The van der Waals surface area contributed by atoms with Crippen molar-refractivity contribution in [3.8, 4) is 16.9 Å². The summed E-state index contributed by atoms with van der Waals surface area (Å²) >= 11 is 1.40. The average molecular weight is 513 g/mol. The van der Waals surface area contributed by atoms with E-state index in [1.807, 2.05) is 18.2 Å². The standard InChI is InChI=1S/C26H32N4O5S/c1-27-23(31)8-9-30(11-10-29-12-14-35-15-13-29)26(33)22-16-20-21(34-3)6-5-19(25(20)36-22)18-4-7-24(32)28(2)17-18/h4-7,16-17H,8-15H2,1-3H3,(H,27,31). The number of carbonyl (C=O) groups excluding carboxylic acids is 2. The molecule has 1 saturated heterocycles. The smallest absolute Gasteiger partial charge is 0.264 e. The fourth-order valence-corrected chi connectivity index (χ4v) is 5.46. The van der Waals surface area contributed by atoms with Crippen LogP contribution >= 0.6 is 11.3 Å². The normalized spacial score (nSPS) is 14.1. The van der Waals surface area contributed by atoms with Crippen LogP contribution in [0.15, 0.2) is 41.3 Å². The Morgan fingerprint density at radius 2 is 1.94 bits per heavy atom. The molecule has 0 atom stereocenters. The van der Waals surface area contributed by atoms with E-state index in [1.165, 1.54) is 22.0 Å². The SMILES string of the molecule is CNC(=O)CCN(CCN1CCOCC1)C(=O)c1cc2c(OC)ccc(-c3ccc(=O)n(C)c3)c2s1. The molecular formula is C26H32N4O5S. The molecule has 3 aromatic rings. The number of nitrogens with one attached hydrogen (secondary N) is 1. The molecule has 10 heteroatoms. The Morgan fingerprint density at radius 1 is 1.17 bits per heavy atom. The number of benzene rings is 1. The van der Waals surface area contributed by atoms with E-state index in [2.05, 4.69) is 10.2 Å². The summed E-state index contributed by atoms with van der Waals surface area (Å²) in [6, 6.07) is 9.04. The molecule has 0 bridgehead atoms. The third-order valence-corrected chi connectivity index (χ3v) is 7.59. The van der Waals surface area contributed by atoms with Crippen molar-refractivity contribution >= 4 is 33.2 Å². The third-order valence-electron chi connectivity index (χ3n) is 6.44. The second-order valence-corrected chi connectivity index (χ2v) is 9.76. The highest BCUT2D eigenvalue weighted by atomic mass is 32.1. The van der Waals surface area contributed by atoms with Crippen LogP contribution in [-0.2, 0) is 16.6 Å². The largest absolute Gasteiger partial charge is 0.496 e. The number of aryl methyl sites for hydroxylation is 1. The highest BCUT2D eigenvalue weighted by Gasteiger charge is 2.23. The van der Waals surface area contributed by atoms with E-state index in [0.29, 0.717) is 36.9 Å². The van der Waals surface area contributed by atoms with Gasteiger partial charge in [0.1, 0.15) is 5.75 Å². The van der Waals surface area contributed by atoms with Gasteiger partial charge in [0.25, 0.3) is 5.91 Å². The molecule has 2 amide bonds. The Morgan fingerprint density at radius 3 is 2.64 bits per heavy atom. The number of rotatable bonds is 9. The van der Waals surface area contributed by atoms with Gasteiger partial charge in [-0.1, -0.05) is 0 Å². The molecule has 0 spiro atoms. The molecule has 36 heavy (non-hydrogen) atoms. The van der Waals surface area contributed by atoms with Crippen LogP contribution in [0.5, 0.6) is 5.75 Å². The molecule has 2 aromatic heterocycles. The number of fused-ring (bicyclic) bond motifs is 1. The first-order valence-corrected chi connectivity index (χ1v) is 12.8. The Kier molecular flexibility index (Phi) is 8.40. The van der Waals surface area contributed by atoms with Crippen molar-refractivity contribution in [3.63, 3.8) is 0 Å². The summed E-state index contributed by atoms with van der Waals surface area (Å²) in [6.45, 7) is 4.63. The molecule has 0 saturated carbocycles. The number of hydrogen-bond acceptors (Lipinski definition) is 7. The van der Waals surface area contributed by atoms with Gasteiger partial charge in [-0.2, -0.15) is 0 Å². The Bertz CT molecular complexity index is 1300. The van der Waals surface area contributed by atoms with Crippen molar-refractivity contribution < 1.29 is 19.1 Å². The molecule has 1 aliphatic rings. The van der Waals surface area contributed by atoms with Crippen molar-refractivity contribution in [1.82, 2.24) is 19.7 Å². The predicted octanol–water partition coefficient (Wildman–Crippen LogP) is 2.19. The molecular weight excluding hydrogens is 480 g/mol. The summed E-state index contributed by atoms with van der Waals surface area (Å²) in [5.41, 5.74) is 1.72. The number of ether oxygens (including phenoxy) is 2. The van der Waals surface area contributed by atoms with Gasteiger partial charge in [0.15, 0.2) is 0 Å². The Balaban J connectivity index is 1.66. The number of morpholine rings is 1. The van der Waals surface area contributed by atoms with Crippen LogP contribution < -0.4 is 15.6 Å². The van der Waals surface area contributed by atoms with Crippen LogP contribution in [0.2, 0.25) is 0 Å². The zero-order valence-corrected chi connectivity index (χ0v) is 21.7.